The summed E-state index contributed by atoms with van der Waals surface area (Å²) in [5, 5.41) is 2.90. The van der Waals surface area contributed by atoms with Crippen LogP contribution in [0.3, 0.4) is 0 Å². The maximum atomic E-state index is 12.7. The lowest BCUT2D eigenvalue weighted by molar-refractivity contribution is 0.102. The molecule has 29 heavy (non-hydrogen) atoms. The van der Waals surface area contributed by atoms with Gasteiger partial charge >= 0.3 is 0 Å². The Morgan fingerprint density at radius 1 is 1.21 bits per heavy atom. The number of amides is 1. The van der Waals surface area contributed by atoms with Gasteiger partial charge in [0.2, 0.25) is 0 Å². The van der Waals surface area contributed by atoms with E-state index in [0.29, 0.717) is 29.2 Å². The average molecular weight is 390 g/mol. The second-order valence-corrected chi connectivity index (χ2v) is 7.73. The van der Waals surface area contributed by atoms with E-state index in [1.807, 2.05) is 25.1 Å². The van der Waals surface area contributed by atoms with E-state index in [0.717, 1.165) is 42.9 Å². The fourth-order valence-electron chi connectivity index (χ4n) is 3.68. The summed E-state index contributed by atoms with van der Waals surface area (Å²) in [6.07, 6.45) is 6.32. The number of pyridine rings is 1. The maximum Gasteiger partial charge on any atom is 0.255 e. The molecule has 1 fully saturated rings. The maximum absolute atomic E-state index is 12.7. The predicted octanol–water partition coefficient (Wildman–Crippen LogP) is 3.06. The number of nitrogens with zero attached hydrogens (tertiary/aromatic N) is 3. The van der Waals surface area contributed by atoms with Gasteiger partial charge < -0.3 is 21.7 Å². The normalized spacial score (nSPS) is 17.1. The highest BCUT2D eigenvalue weighted by atomic mass is 16.1. The van der Waals surface area contributed by atoms with E-state index in [1.54, 1.807) is 18.3 Å². The molecule has 5 N–H and O–H groups in total. The quantitative estimate of drug-likeness (QED) is 0.746. The van der Waals surface area contributed by atoms with Crippen LogP contribution in [0.1, 0.15) is 42.1 Å². The first-order chi connectivity index (χ1) is 14.0. The SMILES string of the molecule is CC1=Cc2ccc(C(=O)Nc3ccc(N4CCC(N)CC4)nc3)cc2N=C(N)C1. The van der Waals surface area contributed by atoms with Gasteiger partial charge in [0.05, 0.1) is 17.6 Å². The topological polar surface area (TPSA) is 110 Å². The molecule has 7 heteroatoms. The Morgan fingerprint density at radius 2 is 2.00 bits per heavy atom. The van der Waals surface area contributed by atoms with Gasteiger partial charge in [0, 0.05) is 36.7 Å². The number of carbonyl (C=O) groups excluding carboxylic acids is 1. The van der Waals surface area contributed by atoms with Gasteiger partial charge in [-0.2, -0.15) is 0 Å². The third kappa shape index (κ3) is 4.46. The number of piperidine rings is 1. The molecule has 1 aromatic heterocycles. The highest BCUT2D eigenvalue weighted by Crippen LogP contribution is 2.28. The molecule has 1 aromatic carbocycles. The van der Waals surface area contributed by atoms with Gasteiger partial charge in [0.15, 0.2) is 0 Å². The van der Waals surface area contributed by atoms with E-state index >= 15 is 0 Å². The summed E-state index contributed by atoms with van der Waals surface area (Å²) < 4.78 is 0. The zero-order valence-electron chi connectivity index (χ0n) is 16.6. The first-order valence-corrected chi connectivity index (χ1v) is 9.90. The molecule has 7 nitrogen and oxygen atoms in total. The summed E-state index contributed by atoms with van der Waals surface area (Å²) in [6.45, 7) is 3.84. The number of anilines is 2. The number of fused-ring (bicyclic) bond motifs is 1. The van der Waals surface area contributed by atoms with E-state index in [2.05, 4.69) is 26.3 Å². The van der Waals surface area contributed by atoms with Gasteiger partial charge in [-0.05, 0) is 44.0 Å². The lowest BCUT2D eigenvalue weighted by Gasteiger charge is -2.31. The van der Waals surface area contributed by atoms with E-state index in [1.165, 1.54) is 0 Å². The molecule has 3 heterocycles. The third-order valence-corrected chi connectivity index (χ3v) is 5.29. The summed E-state index contributed by atoms with van der Waals surface area (Å²) >= 11 is 0. The lowest BCUT2D eigenvalue weighted by atomic mass is 10.1. The highest BCUT2D eigenvalue weighted by molar-refractivity contribution is 6.05. The molecule has 0 bridgehead atoms. The van der Waals surface area contributed by atoms with Crippen molar-refractivity contribution in [3.8, 4) is 0 Å². The number of amidine groups is 1. The third-order valence-electron chi connectivity index (χ3n) is 5.29. The first kappa shape index (κ1) is 19.1. The van der Waals surface area contributed by atoms with Crippen LogP contribution >= 0.6 is 0 Å². The van der Waals surface area contributed by atoms with Crippen LogP contribution < -0.4 is 21.7 Å². The average Bonchev–Trinajstić information content (AvgIpc) is 2.84. The van der Waals surface area contributed by atoms with Crippen LogP contribution in [0.15, 0.2) is 47.1 Å². The van der Waals surface area contributed by atoms with Crippen LogP contribution in [0.25, 0.3) is 6.08 Å². The van der Waals surface area contributed by atoms with Crippen LogP contribution in [0.5, 0.6) is 0 Å². The zero-order chi connectivity index (χ0) is 20.4. The van der Waals surface area contributed by atoms with Gasteiger partial charge in [-0.25, -0.2) is 9.98 Å². The molecule has 2 aliphatic rings. The fraction of sp³-hybridized carbons (Fsp3) is 0.318. The summed E-state index contributed by atoms with van der Waals surface area (Å²) in [4.78, 5) is 23.9. The van der Waals surface area contributed by atoms with Crippen molar-refractivity contribution in [2.75, 3.05) is 23.3 Å². The highest BCUT2D eigenvalue weighted by Gasteiger charge is 2.17. The van der Waals surface area contributed by atoms with Crippen molar-refractivity contribution >= 4 is 35.0 Å². The number of hydrogen-bond acceptors (Lipinski definition) is 6. The van der Waals surface area contributed by atoms with Crippen LogP contribution in [0.4, 0.5) is 17.2 Å². The van der Waals surface area contributed by atoms with Crippen LogP contribution in [0, 0.1) is 0 Å². The zero-order valence-corrected chi connectivity index (χ0v) is 16.6. The molecule has 0 atom stereocenters. The van der Waals surface area contributed by atoms with Crippen molar-refractivity contribution < 1.29 is 4.79 Å². The van der Waals surface area contributed by atoms with Gasteiger partial charge in [-0.1, -0.05) is 17.7 Å². The Kier molecular flexibility index (Phi) is 5.31. The molecular formula is C22H26N6O. The van der Waals surface area contributed by atoms with Crippen molar-refractivity contribution in [2.24, 2.45) is 16.5 Å². The largest absolute Gasteiger partial charge is 0.387 e. The van der Waals surface area contributed by atoms with E-state index in [-0.39, 0.29) is 11.9 Å². The number of nitrogens with one attached hydrogen (secondary N) is 1. The first-order valence-electron chi connectivity index (χ1n) is 9.90. The van der Waals surface area contributed by atoms with Crippen LogP contribution in [-0.2, 0) is 0 Å². The number of benzene rings is 1. The van der Waals surface area contributed by atoms with Crippen molar-refractivity contribution in [1.29, 1.82) is 0 Å². The van der Waals surface area contributed by atoms with Crippen molar-refractivity contribution in [3.05, 3.63) is 53.2 Å². The molecular weight excluding hydrogens is 364 g/mol. The molecule has 1 saturated heterocycles. The second kappa shape index (κ2) is 8.05. The standard InChI is InChI=1S/C22H26N6O/c1-14-10-15-2-3-16(12-19(15)27-20(24)11-14)22(29)26-18-4-5-21(25-13-18)28-8-6-17(23)7-9-28/h2-5,10,12-13,17H,6-9,11,23H2,1H3,(H2,24,27)(H,26,29). The molecule has 2 aromatic rings. The molecule has 0 unspecified atom stereocenters. The van der Waals surface area contributed by atoms with Crippen molar-refractivity contribution in [3.63, 3.8) is 0 Å². The number of aromatic nitrogens is 1. The van der Waals surface area contributed by atoms with Gasteiger partial charge in [-0.3, -0.25) is 4.79 Å². The van der Waals surface area contributed by atoms with Crippen molar-refractivity contribution in [2.45, 2.75) is 32.2 Å². The minimum absolute atomic E-state index is 0.204. The van der Waals surface area contributed by atoms with Gasteiger partial charge in [0.1, 0.15) is 11.7 Å². The van der Waals surface area contributed by atoms with Crippen LogP contribution in [0.2, 0.25) is 0 Å². The predicted molar refractivity (Wildman–Crippen MR) is 118 cm³/mol. The Bertz CT molecular complexity index is 971. The number of aliphatic imine (C=N–C) groups is 1. The Morgan fingerprint density at radius 3 is 2.72 bits per heavy atom. The number of nitrogens with two attached hydrogens (primary N) is 2. The van der Waals surface area contributed by atoms with E-state index in [9.17, 15) is 4.79 Å². The fourth-order valence-corrected chi connectivity index (χ4v) is 3.68. The number of hydrogen-bond donors (Lipinski definition) is 3. The van der Waals surface area contributed by atoms with E-state index in [4.69, 9.17) is 11.5 Å². The minimum atomic E-state index is -0.204. The minimum Gasteiger partial charge on any atom is -0.387 e. The second-order valence-electron chi connectivity index (χ2n) is 7.73. The molecule has 0 saturated carbocycles. The number of carbonyl (C=O) groups is 1. The summed E-state index contributed by atoms with van der Waals surface area (Å²) in [7, 11) is 0. The molecule has 0 spiro atoms. The van der Waals surface area contributed by atoms with Crippen molar-refractivity contribution in [1.82, 2.24) is 4.98 Å². The summed E-state index contributed by atoms with van der Waals surface area (Å²) in [6, 6.07) is 9.56. The summed E-state index contributed by atoms with van der Waals surface area (Å²) in [5.41, 5.74) is 15.9. The smallest absolute Gasteiger partial charge is 0.255 e. The van der Waals surface area contributed by atoms with Crippen LogP contribution in [-0.4, -0.2) is 35.9 Å². The Balaban J connectivity index is 1.46. The van der Waals surface area contributed by atoms with Gasteiger partial charge in [-0.15, -0.1) is 0 Å². The molecule has 0 radical (unpaired) electrons. The Labute approximate surface area is 170 Å². The molecule has 0 aliphatic carbocycles. The summed E-state index contributed by atoms with van der Waals surface area (Å²) in [5.74, 6) is 1.26. The molecule has 1 amide bonds. The molecule has 150 valence electrons. The molecule has 2 aliphatic heterocycles. The Hall–Kier alpha value is -3.19. The lowest BCUT2D eigenvalue weighted by Crippen LogP contribution is -2.40. The van der Waals surface area contributed by atoms with E-state index < -0.39 is 0 Å². The number of rotatable bonds is 3. The van der Waals surface area contributed by atoms with Gasteiger partial charge in [0.25, 0.3) is 5.91 Å². The monoisotopic (exact) mass is 390 g/mol. The molecule has 4 rings (SSSR count).